The largest absolute Gasteiger partial charge is 0.381 e. The SMILES string of the molecule is CCc1noc(NC(=O)N2CC3(CCOCC3)C2c2ccccc2)n1. The lowest BCUT2D eigenvalue weighted by Gasteiger charge is -2.59. The van der Waals surface area contributed by atoms with Crippen LogP contribution in [0.3, 0.4) is 0 Å². The third-order valence-electron chi connectivity index (χ3n) is 5.24. The number of carbonyl (C=O) groups is 1. The van der Waals surface area contributed by atoms with Crippen molar-refractivity contribution in [2.75, 3.05) is 25.1 Å². The highest BCUT2D eigenvalue weighted by Crippen LogP contribution is 2.54. The molecular weight excluding hydrogens is 320 g/mol. The molecule has 0 bridgehead atoms. The van der Waals surface area contributed by atoms with Crippen molar-refractivity contribution >= 4 is 12.0 Å². The molecule has 2 amide bonds. The Labute approximate surface area is 146 Å². The molecule has 25 heavy (non-hydrogen) atoms. The predicted octanol–water partition coefficient (Wildman–Crippen LogP) is 3.02. The molecule has 132 valence electrons. The van der Waals surface area contributed by atoms with Crippen LogP contribution in [0.25, 0.3) is 0 Å². The fraction of sp³-hybridized carbons (Fsp3) is 0.500. The average molecular weight is 342 g/mol. The average Bonchev–Trinajstić information content (AvgIpc) is 3.09. The second kappa shape index (κ2) is 6.48. The minimum atomic E-state index is -0.197. The van der Waals surface area contributed by atoms with Crippen molar-refractivity contribution in [1.82, 2.24) is 15.0 Å². The summed E-state index contributed by atoms with van der Waals surface area (Å²) in [6, 6.07) is 10.2. The Hall–Kier alpha value is -2.41. The van der Waals surface area contributed by atoms with E-state index in [2.05, 4.69) is 27.6 Å². The van der Waals surface area contributed by atoms with Gasteiger partial charge in [-0.1, -0.05) is 42.4 Å². The summed E-state index contributed by atoms with van der Waals surface area (Å²) in [5, 5.41) is 6.55. The zero-order valence-corrected chi connectivity index (χ0v) is 14.3. The molecule has 0 saturated carbocycles. The molecule has 1 aromatic carbocycles. The van der Waals surface area contributed by atoms with E-state index in [0.29, 0.717) is 12.2 Å². The van der Waals surface area contributed by atoms with Crippen molar-refractivity contribution in [1.29, 1.82) is 0 Å². The maximum absolute atomic E-state index is 12.8. The van der Waals surface area contributed by atoms with Gasteiger partial charge in [-0.2, -0.15) is 4.98 Å². The van der Waals surface area contributed by atoms with Crippen molar-refractivity contribution in [3.63, 3.8) is 0 Å². The number of urea groups is 1. The van der Waals surface area contributed by atoms with Gasteiger partial charge in [0.1, 0.15) is 0 Å². The second-order valence-electron chi connectivity index (χ2n) is 6.72. The molecule has 1 spiro atoms. The van der Waals surface area contributed by atoms with Gasteiger partial charge in [0.25, 0.3) is 0 Å². The van der Waals surface area contributed by atoms with Gasteiger partial charge in [-0.25, -0.2) is 4.79 Å². The summed E-state index contributed by atoms with van der Waals surface area (Å²) in [6.07, 6.45) is 2.60. The van der Waals surface area contributed by atoms with Gasteiger partial charge < -0.3 is 14.2 Å². The number of hydrogen-bond acceptors (Lipinski definition) is 5. The standard InChI is InChI=1S/C18H22N4O3/c1-2-14-19-16(25-21-14)20-17(23)22-12-18(8-10-24-11-9-18)15(22)13-6-4-3-5-7-13/h3-7,15H,2,8-12H2,1H3,(H,19,20,21,23). The zero-order chi connectivity index (χ0) is 17.3. The quantitative estimate of drug-likeness (QED) is 0.927. The minimum absolute atomic E-state index is 0.0474. The molecule has 4 rings (SSSR count). The van der Waals surface area contributed by atoms with Crippen molar-refractivity contribution < 1.29 is 14.1 Å². The molecule has 2 aliphatic rings. The first kappa shape index (κ1) is 16.1. The van der Waals surface area contributed by atoms with Crippen LogP contribution >= 0.6 is 0 Å². The smallest absolute Gasteiger partial charge is 0.329 e. The lowest BCUT2D eigenvalue weighted by Crippen LogP contribution is -2.63. The van der Waals surface area contributed by atoms with Gasteiger partial charge in [-0.05, 0) is 18.4 Å². The van der Waals surface area contributed by atoms with Gasteiger partial charge in [0.2, 0.25) is 0 Å². The topological polar surface area (TPSA) is 80.5 Å². The van der Waals surface area contributed by atoms with Crippen LogP contribution in [0.2, 0.25) is 0 Å². The van der Waals surface area contributed by atoms with E-state index in [0.717, 1.165) is 38.2 Å². The third-order valence-corrected chi connectivity index (χ3v) is 5.24. The van der Waals surface area contributed by atoms with Crippen LogP contribution in [0.1, 0.15) is 37.2 Å². The molecule has 2 fully saturated rings. The van der Waals surface area contributed by atoms with Crippen LogP contribution in [0.5, 0.6) is 0 Å². The van der Waals surface area contributed by atoms with E-state index in [-0.39, 0.29) is 23.5 Å². The molecule has 1 N–H and O–H groups in total. The number of hydrogen-bond donors (Lipinski definition) is 1. The maximum atomic E-state index is 12.8. The summed E-state index contributed by atoms with van der Waals surface area (Å²) in [5.41, 5.74) is 1.26. The minimum Gasteiger partial charge on any atom is -0.381 e. The van der Waals surface area contributed by atoms with Gasteiger partial charge in [-0.3, -0.25) is 5.32 Å². The van der Waals surface area contributed by atoms with Gasteiger partial charge in [-0.15, -0.1) is 0 Å². The predicted molar refractivity (Wildman–Crippen MR) is 91.1 cm³/mol. The lowest BCUT2D eigenvalue weighted by molar-refractivity contribution is -0.109. The molecule has 7 heteroatoms. The van der Waals surface area contributed by atoms with Gasteiger partial charge in [0.15, 0.2) is 5.82 Å². The first-order valence-electron chi connectivity index (χ1n) is 8.75. The zero-order valence-electron chi connectivity index (χ0n) is 14.3. The first-order valence-corrected chi connectivity index (χ1v) is 8.75. The van der Waals surface area contributed by atoms with E-state index in [1.807, 2.05) is 30.0 Å². The molecule has 7 nitrogen and oxygen atoms in total. The molecule has 2 aliphatic heterocycles. The monoisotopic (exact) mass is 342 g/mol. The van der Waals surface area contributed by atoms with Gasteiger partial charge >= 0.3 is 12.0 Å². The van der Waals surface area contributed by atoms with E-state index < -0.39 is 0 Å². The summed E-state index contributed by atoms with van der Waals surface area (Å²) >= 11 is 0. The number of anilines is 1. The molecule has 2 aromatic rings. The highest BCUT2D eigenvalue weighted by atomic mass is 16.5. The van der Waals surface area contributed by atoms with E-state index in [4.69, 9.17) is 9.26 Å². The fourth-order valence-corrected chi connectivity index (χ4v) is 3.91. The van der Waals surface area contributed by atoms with Crippen molar-refractivity contribution in [2.45, 2.75) is 32.2 Å². The van der Waals surface area contributed by atoms with E-state index in [9.17, 15) is 4.79 Å². The number of ether oxygens (including phenoxy) is 1. The number of benzene rings is 1. The Morgan fingerprint density at radius 2 is 2.08 bits per heavy atom. The second-order valence-corrected chi connectivity index (χ2v) is 6.72. The van der Waals surface area contributed by atoms with Crippen molar-refractivity contribution in [2.24, 2.45) is 5.41 Å². The number of nitrogens with zero attached hydrogens (tertiary/aromatic N) is 3. The number of aryl methyl sites for hydroxylation is 1. The normalized spacial score (nSPS) is 21.8. The van der Waals surface area contributed by atoms with E-state index >= 15 is 0 Å². The highest BCUT2D eigenvalue weighted by Gasteiger charge is 2.55. The number of amides is 2. The van der Waals surface area contributed by atoms with Crippen molar-refractivity contribution in [3.05, 3.63) is 41.7 Å². The summed E-state index contributed by atoms with van der Waals surface area (Å²) in [4.78, 5) is 18.8. The van der Waals surface area contributed by atoms with Gasteiger partial charge in [0.05, 0.1) is 6.04 Å². The number of rotatable bonds is 3. The lowest BCUT2D eigenvalue weighted by atomic mass is 9.64. The molecule has 1 atom stereocenters. The Morgan fingerprint density at radius 3 is 2.76 bits per heavy atom. The van der Waals surface area contributed by atoms with E-state index in [1.165, 1.54) is 0 Å². The Kier molecular flexibility index (Phi) is 4.17. The number of carbonyl (C=O) groups excluding carboxylic acids is 1. The van der Waals surface area contributed by atoms with Crippen LogP contribution in [-0.2, 0) is 11.2 Å². The summed E-state index contributed by atoms with van der Waals surface area (Å²) in [5.74, 6) is 0.583. The summed E-state index contributed by atoms with van der Waals surface area (Å²) in [7, 11) is 0. The Bertz CT molecular complexity index is 740. The molecule has 1 aromatic heterocycles. The third kappa shape index (κ3) is 2.89. The van der Waals surface area contributed by atoms with Gasteiger partial charge in [0, 0.05) is 31.6 Å². The molecule has 0 radical (unpaired) electrons. The number of likely N-dealkylation sites (tertiary alicyclic amines) is 1. The van der Waals surface area contributed by atoms with Crippen LogP contribution in [0.15, 0.2) is 34.9 Å². The van der Waals surface area contributed by atoms with E-state index in [1.54, 1.807) is 0 Å². The molecule has 3 heterocycles. The molecule has 0 aliphatic carbocycles. The van der Waals surface area contributed by atoms with Crippen LogP contribution in [0, 0.1) is 5.41 Å². The Morgan fingerprint density at radius 1 is 1.32 bits per heavy atom. The Balaban J connectivity index is 1.55. The van der Waals surface area contributed by atoms with Crippen LogP contribution < -0.4 is 5.32 Å². The van der Waals surface area contributed by atoms with Crippen molar-refractivity contribution in [3.8, 4) is 0 Å². The van der Waals surface area contributed by atoms with Crippen LogP contribution in [-0.4, -0.2) is 40.8 Å². The first-order chi connectivity index (χ1) is 12.2. The number of aromatic nitrogens is 2. The molecule has 2 saturated heterocycles. The molecular formula is C18H22N4O3. The summed E-state index contributed by atoms with van der Waals surface area (Å²) < 4.78 is 10.6. The fourth-order valence-electron chi connectivity index (χ4n) is 3.91. The summed E-state index contributed by atoms with van der Waals surface area (Å²) in [6.45, 7) is 4.16. The van der Waals surface area contributed by atoms with Crippen LogP contribution in [0.4, 0.5) is 10.8 Å². The molecule has 1 unspecified atom stereocenters. The number of nitrogens with one attached hydrogen (secondary N) is 1. The highest BCUT2D eigenvalue weighted by molar-refractivity contribution is 5.88. The maximum Gasteiger partial charge on any atom is 0.329 e.